The number of carboxylic acids is 1. The van der Waals surface area contributed by atoms with Gasteiger partial charge in [-0.1, -0.05) is 64.7 Å². The topological polar surface area (TPSA) is 69.6 Å². The Kier molecular flexibility index (Phi) is 9.98. The Balaban J connectivity index is 2.20. The van der Waals surface area contributed by atoms with E-state index in [2.05, 4.69) is 6.92 Å². The SMILES string of the molecule is CCCCCCCCCCCC[C@]1(O)C[N+](C)(C)C[C@@H](CC(=O)[O-])O1. The zero-order valence-corrected chi connectivity index (χ0v) is 16.6. The van der Waals surface area contributed by atoms with Crippen molar-refractivity contribution in [2.24, 2.45) is 0 Å². The molecular weight excluding hydrogens is 318 g/mol. The summed E-state index contributed by atoms with van der Waals surface area (Å²) in [5.74, 6) is -2.32. The highest BCUT2D eigenvalue weighted by Crippen LogP contribution is 2.29. The standard InChI is InChI=1S/C20H39NO4/c1-4-5-6-7-8-9-10-11-12-13-14-20(24)17-21(2,3)16-18(25-20)15-19(22)23/h18,24H,4-17H2,1-3H3/t18-,20-/m1/s1. The fraction of sp³-hybridized carbons (Fsp3) is 0.950. The number of likely N-dealkylation sites (N-methyl/N-ethyl adjacent to an activating group) is 1. The normalized spacial score (nSPS) is 25.8. The predicted molar refractivity (Wildman–Crippen MR) is 97.8 cm³/mol. The Labute approximate surface area is 154 Å². The van der Waals surface area contributed by atoms with Gasteiger partial charge in [0.25, 0.3) is 0 Å². The molecule has 0 aromatic carbocycles. The number of quaternary nitrogens is 1. The monoisotopic (exact) mass is 357 g/mol. The molecule has 1 aliphatic rings. The van der Waals surface area contributed by atoms with Crippen molar-refractivity contribution in [1.82, 2.24) is 0 Å². The van der Waals surface area contributed by atoms with E-state index in [1.165, 1.54) is 51.4 Å². The van der Waals surface area contributed by atoms with Gasteiger partial charge in [-0.15, -0.1) is 0 Å². The van der Waals surface area contributed by atoms with Gasteiger partial charge in [0, 0.05) is 18.8 Å². The number of aliphatic carboxylic acids is 1. The van der Waals surface area contributed by atoms with Crippen LogP contribution in [0.15, 0.2) is 0 Å². The average Bonchev–Trinajstić information content (AvgIpc) is 2.46. The van der Waals surface area contributed by atoms with E-state index in [1.807, 2.05) is 14.1 Å². The van der Waals surface area contributed by atoms with E-state index >= 15 is 0 Å². The van der Waals surface area contributed by atoms with Crippen molar-refractivity contribution in [3.63, 3.8) is 0 Å². The maximum Gasteiger partial charge on any atom is 0.216 e. The Hall–Kier alpha value is -0.650. The molecule has 1 aliphatic heterocycles. The third-order valence-corrected chi connectivity index (χ3v) is 5.07. The van der Waals surface area contributed by atoms with Gasteiger partial charge in [-0.3, -0.25) is 0 Å². The van der Waals surface area contributed by atoms with Crippen LogP contribution in [0.2, 0.25) is 0 Å². The Morgan fingerprint density at radius 2 is 1.60 bits per heavy atom. The van der Waals surface area contributed by atoms with Crippen molar-refractivity contribution in [3.05, 3.63) is 0 Å². The fourth-order valence-electron chi connectivity index (χ4n) is 3.99. The lowest BCUT2D eigenvalue weighted by Crippen LogP contribution is -2.63. The van der Waals surface area contributed by atoms with Crippen LogP contribution in [0.1, 0.15) is 84.0 Å². The van der Waals surface area contributed by atoms with E-state index in [-0.39, 0.29) is 6.42 Å². The average molecular weight is 358 g/mol. The second-order valence-electron chi connectivity index (χ2n) is 8.47. The molecule has 2 atom stereocenters. The van der Waals surface area contributed by atoms with Crippen LogP contribution in [0.5, 0.6) is 0 Å². The van der Waals surface area contributed by atoms with Gasteiger partial charge in [0.2, 0.25) is 5.79 Å². The van der Waals surface area contributed by atoms with Crippen LogP contribution in [-0.2, 0) is 9.53 Å². The molecule has 1 heterocycles. The first kappa shape index (κ1) is 22.4. The van der Waals surface area contributed by atoms with Crippen LogP contribution < -0.4 is 5.11 Å². The summed E-state index contributed by atoms with van der Waals surface area (Å²) in [5.41, 5.74) is 0. The molecule has 25 heavy (non-hydrogen) atoms. The van der Waals surface area contributed by atoms with E-state index in [9.17, 15) is 15.0 Å². The first-order valence-corrected chi connectivity index (χ1v) is 10.2. The highest BCUT2D eigenvalue weighted by Gasteiger charge is 2.44. The molecule has 5 heteroatoms. The number of rotatable bonds is 13. The van der Waals surface area contributed by atoms with E-state index in [1.54, 1.807) is 0 Å². The number of hydrogen-bond acceptors (Lipinski definition) is 4. The Morgan fingerprint density at radius 3 is 2.12 bits per heavy atom. The summed E-state index contributed by atoms with van der Waals surface area (Å²) in [4.78, 5) is 10.9. The van der Waals surface area contributed by atoms with Gasteiger partial charge in [0.15, 0.2) is 0 Å². The molecule has 0 aromatic rings. The van der Waals surface area contributed by atoms with Crippen molar-refractivity contribution in [2.45, 2.75) is 95.9 Å². The molecule has 1 saturated heterocycles. The molecule has 0 spiro atoms. The third-order valence-electron chi connectivity index (χ3n) is 5.07. The number of ether oxygens (including phenoxy) is 1. The number of carbonyl (C=O) groups is 1. The minimum atomic E-state index is -1.21. The minimum absolute atomic E-state index is 0.151. The second kappa shape index (κ2) is 11.1. The molecule has 1 rings (SSSR count). The Bertz CT molecular complexity index is 386. The van der Waals surface area contributed by atoms with Gasteiger partial charge in [0.1, 0.15) is 19.2 Å². The lowest BCUT2D eigenvalue weighted by atomic mass is 10.0. The van der Waals surface area contributed by atoms with Crippen LogP contribution in [0.25, 0.3) is 0 Å². The summed E-state index contributed by atoms with van der Waals surface area (Å²) in [7, 11) is 4.02. The van der Waals surface area contributed by atoms with E-state index in [0.717, 1.165) is 12.8 Å². The van der Waals surface area contributed by atoms with Gasteiger partial charge in [0.05, 0.1) is 14.1 Å². The fourth-order valence-corrected chi connectivity index (χ4v) is 3.99. The van der Waals surface area contributed by atoms with Crippen LogP contribution in [0, 0.1) is 0 Å². The summed E-state index contributed by atoms with van der Waals surface area (Å²) in [6.07, 6.45) is 12.4. The number of aliphatic hydroxyl groups is 1. The second-order valence-corrected chi connectivity index (χ2v) is 8.47. The molecule has 5 nitrogen and oxygen atoms in total. The van der Waals surface area contributed by atoms with Crippen molar-refractivity contribution in [2.75, 3.05) is 27.2 Å². The number of carboxylic acid groups (broad SMARTS) is 1. The summed E-state index contributed by atoms with van der Waals surface area (Å²) >= 11 is 0. The van der Waals surface area contributed by atoms with Gasteiger partial charge in [-0.2, -0.15) is 0 Å². The first-order chi connectivity index (χ1) is 11.8. The predicted octanol–water partition coefficient (Wildman–Crippen LogP) is 2.60. The van der Waals surface area contributed by atoms with Crippen molar-refractivity contribution >= 4 is 5.97 Å². The van der Waals surface area contributed by atoms with Crippen molar-refractivity contribution < 1.29 is 24.2 Å². The summed E-state index contributed by atoms with van der Waals surface area (Å²) in [6.45, 7) is 3.34. The molecule has 0 bridgehead atoms. The largest absolute Gasteiger partial charge is 0.550 e. The summed E-state index contributed by atoms with van der Waals surface area (Å²) in [5, 5.41) is 21.6. The highest BCUT2D eigenvalue weighted by atomic mass is 16.6. The van der Waals surface area contributed by atoms with Crippen LogP contribution in [0.4, 0.5) is 0 Å². The van der Waals surface area contributed by atoms with E-state index in [4.69, 9.17) is 4.74 Å². The van der Waals surface area contributed by atoms with Gasteiger partial charge < -0.3 is 24.2 Å². The highest BCUT2D eigenvalue weighted by molar-refractivity contribution is 5.64. The van der Waals surface area contributed by atoms with E-state index < -0.39 is 17.9 Å². The molecule has 0 amide bonds. The van der Waals surface area contributed by atoms with Crippen LogP contribution in [-0.4, -0.2) is 54.6 Å². The number of hydrogen-bond donors (Lipinski definition) is 1. The first-order valence-electron chi connectivity index (χ1n) is 10.2. The van der Waals surface area contributed by atoms with Gasteiger partial charge in [-0.25, -0.2) is 0 Å². The molecule has 0 saturated carbocycles. The van der Waals surface area contributed by atoms with E-state index in [0.29, 0.717) is 24.0 Å². The lowest BCUT2D eigenvalue weighted by molar-refractivity contribution is -0.915. The van der Waals surface area contributed by atoms with Crippen molar-refractivity contribution in [1.29, 1.82) is 0 Å². The quantitative estimate of drug-likeness (QED) is 0.406. The molecule has 1 fully saturated rings. The number of carbonyl (C=O) groups excluding carboxylic acids is 1. The lowest BCUT2D eigenvalue weighted by Gasteiger charge is -2.46. The zero-order valence-electron chi connectivity index (χ0n) is 16.6. The number of unbranched alkanes of at least 4 members (excludes halogenated alkanes) is 9. The molecule has 0 unspecified atom stereocenters. The molecule has 1 N–H and O–H groups in total. The zero-order chi connectivity index (χ0) is 18.8. The molecule has 0 radical (unpaired) electrons. The Morgan fingerprint density at radius 1 is 1.08 bits per heavy atom. The van der Waals surface area contributed by atoms with Gasteiger partial charge >= 0.3 is 0 Å². The maximum absolute atomic E-state index is 10.9. The maximum atomic E-state index is 10.9. The summed E-state index contributed by atoms with van der Waals surface area (Å²) in [6, 6.07) is 0. The molecule has 148 valence electrons. The number of nitrogens with zero attached hydrogens (tertiary/aromatic N) is 1. The van der Waals surface area contributed by atoms with Crippen LogP contribution in [0.3, 0.4) is 0 Å². The number of morpholine rings is 1. The molecule has 0 aliphatic carbocycles. The summed E-state index contributed by atoms with van der Waals surface area (Å²) < 4.78 is 6.30. The molecular formula is C20H39NO4. The van der Waals surface area contributed by atoms with Crippen molar-refractivity contribution in [3.8, 4) is 0 Å². The van der Waals surface area contributed by atoms with Crippen LogP contribution >= 0.6 is 0 Å². The third kappa shape index (κ3) is 10.2. The minimum Gasteiger partial charge on any atom is -0.550 e. The smallest absolute Gasteiger partial charge is 0.216 e. The molecule has 0 aromatic heterocycles. The van der Waals surface area contributed by atoms with Gasteiger partial charge in [-0.05, 0) is 6.42 Å².